The van der Waals surface area contributed by atoms with Crippen molar-refractivity contribution in [1.82, 2.24) is 4.90 Å². The van der Waals surface area contributed by atoms with Gasteiger partial charge in [-0.3, -0.25) is 0 Å². The molecule has 2 heterocycles. The number of carbonyl (C=O) groups is 1. The molecule has 1 fully saturated rings. The molecule has 1 aromatic carbocycles. The number of nitrogens with zero attached hydrogens (tertiary/aromatic N) is 1. The molecule has 0 saturated carbocycles. The molecule has 5 nitrogen and oxygen atoms in total. The van der Waals surface area contributed by atoms with Gasteiger partial charge in [0.2, 0.25) is 0 Å². The molecule has 2 aliphatic heterocycles. The van der Waals surface area contributed by atoms with Gasteiger partial charge in [0.25, 0.3) is 0 Å². The summed E-state index contributed by atoms with van der Waals surface area (Å²) in [5.74, 6) is 1.44. The van der Waals surface area contributed by atoms with Gasteiger partial charge in [-0.1, -0.05) is 19.3 Å². The van der Waals surface area contributed by atoms with E-state index in [1.54, 1.807) is 0 Å². The first kappa shape index (κ1) is 14.0. The number of fused-ring (bicyclic) bond motifs is 1. The third-order valence-electron chi connectivity index (χ3n) is 3.94. The highest BCUT2D eigenvalue weighted by Gasteiger charge is 2.17. The van der Waals surface area contributed by atoms with Crippen molar-refractivity contribution in [3.05, 3.63) is 18.2 Å². The number of rotatable bonds is 1. The third kappa shape index (κ3) is 3.60. The quantitative estimate of drug-likeness (QED) is 0.863. The van der Waals surface area contributed by atoms with Gasteiger partial charge < -0.3 is 19.7 Å². The number of anilines is 1. The largest absolute Gasteiger partial charge is 0.486 e. The number of benzene rings is 1. The number of amides is 2. The number of hydrogen-bond acceptors (Lipinski definition) is 3. The van der Waals surface area contributed by atoms with Crippen LogP contribution in [0.5, 0.6) is 11.5 Å². The summed E-state index contributed by atoms with van der Waals surface area (Å²) in [4.78, 5) is 14.3. The Kier molecular flexibility index (Phi) is 4.48. The average Bonchev–Trinajstić information content (AvgIpc) is 2.46. The predicted molar refractivity (Wildman–Crippen MR) is 81.1 cm³/mol. The van der Waals surface area contributed by atoms with Crippen molar-refractivity contribution in [2.45, 2.75) is 32.1 Å². The maximum atomic E-state index is 12.3. The number of carbonyl (C=O) groups excluding carboxylic acids is 1. The average molecular weight is 290 g/mol. The number of urea groups is 1. The number of nitrogens with one attached hydrogen (secondary N) is 1. The zero-order chi connectivity index (χ0) is 14.5. The Morgan fingerprint density at radius 2 is 1.62 bits per heavy atom. The lowest BCUT2D eigenvalue weighted by atomic mass is 10.1. The van der Waals surface area contributed by atoms with Crippen molar-refractivity contribution in [1.29, 1.82) is 0 Å². The van der Waals surface area contributed by atoms with Gasteiger partial charge in [-0.25, -0.2) is 4.79 Å². The molecule has 0 atom stereocenters. The first-order valence-electron chi connectivity index (χ1n) is 7.78. The van der Waals surface area contributed by atoms with E-state index in [2.05, 4.69) is 5.32 Å². The number of ether oxygens (including phenoxy) is 2. The fourth-order valence-corrected chi connectivity index (χ4v) is 2.77. The summed E-state index contributed by atoms with van der Waals surface area (Å²) in [5, 5.41) is 2.96. The Morgan fingerprint density at radius 1 is 0.952 bits per heavy atom. The van der Waals surface area contributed by atoms with Gasteiger partial charge in [0.15, 0.2) is 11.5 Å². The topological polar surface area (TPSA) is 50.8 Å². The second-order valence-corrected chi connectivity index (χ2v) is 5.54. The van der Waals surface area contributed by atoms with Crippen LogP contribution in [-0.4, -0.2) is 37.2 Å². The molecule has 1 N–H and O–H groups in total. The van der Waals surface area contributed by atoms with Crippen molar-refractivity contribution < 1.29 is 14.3 Å². The van der Waals surface area contributed by atoms with Gasteiger partial charge in [0, 0.05) is 24.8 Å². The first-order chi connectivity index (χ1) is 10.3. The van der Waals surface area contributed by atoms with Crippen LogP contribution in [0.15, 0.2) is 18.2 Å². The SMILES string of the molecule is O=C(Nc1ccc2c(c1)OCCO2)N1CCCCCCC1. The van der Waals surface area contributed by atoms with Gasteiger partial charge in [-0.2, -0.15) is 0 Å². The van der Waals surface area contributed by atoms with E-state index < -0.39 is 0 Å². The lowest BCUT2D eigenvalue weighted by molar-refractivity contribution is 0.171. The van der Waals surface area contributed by atoms with E-state index >= 15 is 0 Å². The molecular formula is C16H22N2O3. The van der Waals surface area contributed by atoms with E-state index in [0.29, 0.717) is 19.0 Å². The third-order valence-corrected chi connectivity index (χ3v) is 3.94. The second kappa shape index (κ2) is 6.70. The highest BCUT2D eigenvalue weighted by molar-refractivity contribution is 5.89. The van der Waals surface area contributed by atoms with Crippen LogP contribution in [0.2, 0.25) is 0 Å². The lowest BCUT2D eigenvalue weighted by Gasteiger charge is -2.25. The zero-order valence-electron chi connectivity index (χ0n) is 12.3. The molecule has 0 bridgehead atoms. The van der Waals surface area contributed by atoms with Crippen LogP contribution in [0.25, 0.3) is 0 Å². The minimum absolute atomic E-state index is 0.0198. The summed E-state index contributed by atoms with van der Waals surface area (Å²) in [6, 6.07) is 5.51. The van der Waals surface area contributed by atoms with Gasteiger partial charge in [-0.15, -0.1) is 0 Å². The molecule has 1 saturated heterocycles. The molecule has 0 aromatic heterocycles. The van der Waals surface area contributed by atoms with Gasteiger partial charge in [0.05, 0.1) is 0 Å². The first-order valence-corrected chi connectivity index (χ1v) is 7.78. The molecule has 2 aliphatic rings. The maximum Gasteiger partial charge on any atom is 0.321 e. The highest BCUT2D eigenvalue weighted by Crippen LogP contribution is 2.32. The Morgan fingerprint density at radius 3 is 2.38 bits per heavy atom. The van der Waals surface area contributed by atoms with Crippen LogP contribution in [0, 0.1) is 0 Å². The van der Waals surface area contributed by atoms with Crippen LogP contribution in [0.4, 0.5) is 10.5 Å². The second-order valence-electron chi connectivity index (χ2n) is 5.54. The molecule has 0 aliphatic carbocycles. The zero-order valence-corrected chi connectivity index (χ0v) is 12.3. The van der Waals surface area contributed by atoms with Gasteiger partial charge >= 0.3 is 6.03 Å². The van der Waals surface area contributed by atoms with E-state index in [-0.39, 0.29) is 6.03 Å². The summed E-state index contributed by atoms with van der Waals surface area (Å²) >= 11 is 0. The molecule has 1 aromatic rings. The smallest absolute Gasteiger partial charge is 0.321 e. The summed E-state index contributed by atoms with van der Waals surface area (Å²) in [7, 11) is 0. The Hall–Kier alpha value is -1.91. The van der Waals surface area contributed by atoms with Crippen molar-refractivity contribution in [3.63, 3.8) is 0 Å². The molecule has 2 amide bonds. The predicted octanol–water partition coefficient (Wildman–Crippen LogP) is 3.26. The molecule has 3 rings (SSSR count). The van der Waals surface area contributed by atoms with E-state index in [4.69, 9.17) is 9.47 Å². The van der Waals surface area contributed by atoms with Crippen LogP contribution in [0.1, 0.15) is 32.1 Å². The van der Waals surface area contributed by atoms with Crippen LogP contribution >= 0.6 is 0 Å². The molecule has 114 valence electrons. The highest BCUT2D eigenvalue weighted by atomic mass is 16.6. The minimum Gasteiger partial charge on any atom is -0.486 e. The molecular weight excluding hydrogens is 268 g/mol. The van der Waals surface area contributed by atoms with Crippen molar-refractivity contribution in [3.8, 4) is 11.5 Å². The summed E-state index contributed by atoms with van der Waals surface area (Å²) in [5.41, 5.74) is 0.756. The normalized spacial score (nSPS) is 18.6. The standard InChI is InChI=1S/C16H22N2O3/c19-16(18-8-4-2-1-3-5-9-18)17-13-6-7-14-15(12-13)21-11-10-20-14/h6-7,12H,1-5,8-11H2,(H,17,19). The van der Waals surface area contributed by atoms with Gasteiger partial charge in [0.1, 0.15) is 13.2 Å². The summed E-state index contributed by atoms with van der Waals surface area (Å²) in [6.45, 7) is 2.82. The minimum atomic E-state index is -0.0198. The maximum absolute atomic E-state index is 12.3. The molecule has 0 radical (unpaired) electrons. The van der Waals surface area contributed by atoms with Gasteiger partial charge in [-0.05, 0) is 25.0 Å². The molecule has 21 heavy (non-hydrogen) atoms. The summed E-state index contributed by atoms with van der Waals surface area (Å²) in [6.07, 6.45) is 5.91. The van der Waals surface area contributed by atoms with Crippen LogP contribution in [0.3, 0.4) is 0 Å². The molecule has 5 heteroatoms. The molecule has 0 spiro atoms. The summed E-state index contributed by atoms with van der Waals surface area (Å²) < 4.78 is 11.0. The van der Waals surface area contributed by atoms with Crippen LogP contribution in [-0.2, 0) is 0 Å². The monoisotopic (exact) mass is 290 g/mol. The fourth-order valence-electron chi connectivity index (χ4n) is 2.77. The van der Waals surface area contributed by atoms with E-state index in [9.17, 15) is 4.79 Å². The van der Waals surface area contributed by atoms with Crippen molar-refractivity contribution in [2.75, 3.05) is 31.6 Å². The van der Waals surface area contributed by atoms with Crippen molar-refractivity contribution in [2.24, 2.45) is 0 Å². The Bertz CT molecular complexity index is 496. The van der Waals surface area contributed by atoms with Crippen molar-refractivity contribution >= 4 is 11.7 Å². The van der Waals surface area contributed by atoms with E-state index in [1.165, 1.54) is 19.3 Å². The van der Waals surface area contributed by atoms with Crippen LogP contribution < -0.4 is 14.8 Å². The lowest BCUT2D eigenvalue weighted by Crippen LogP contribution is -2.37. The van der Waals surface area contributed by atoms with E-state index in [1.807, 2.05) is 23.1 Å². The van der Waals surface area contributed by atoms with E-state index in [0.717, 1.165) is 37.4 Å². The number of hydrogen-bond donors (Lipinski definition) is 1. The fraction of sp³-hybridized carbons (Fsp3) is 0.562. The Labute approximate surface area is 125 Å². The molecule has 0 unspecified atom stereocenters. The Balaban J connectivity index is 1.63. The number of likely N-dealkylation sites (tertiary alicyclic amines) is 1.